The van der Waals surface area contributed by atoms with Crippen LogP contribution in [0.15, 0.2) is 18.2 Å². The van der Waals surface area contributed by atoms with Gasteiger partial charge in [0.2, 0.25) is 0 Å². The van der Waals surface area contributed by atoms with Crippen molar-refractivity contribution in [2.45, 2.75) is 26.4 Å². The molecule has 1 N–H and O–H groups in total. The normalized spacial score (nSPS) is 21.3. The summed E-state index contributed by atoms with van der Waals surface area (Å²) in [6, 6.07) is 5.39. The van der Waals surface area contributed by atoms with E-state index in [0.29, 0.717) is 21.9 Å². The van der Waals surface area contributed by atoms with Crippen LogP contribution in [0.1, 0.15) is 20.3 Å². The molecule has 2 atom stereocenters. The van der Waals surface area contributed by atoms with Gasteiger partial charge in [0.05, 0.1) is 5.02 Å². The molecule has 0 radical (unpaired) electrons. The lowest BCUT2D eigenvalue weighted by Gasteiger charge is -2.28. The quantitative estimate of drug-likeness (QED) is 0.904. The molecule has 4 heteroatoms. The van der Waals surface area contributed by atoms with Gasteiger partial charge in [-0.2, -0.15) is 0 Å². The summed E-state index contributed by atoms with van der Waals surface area (Å²) < 4.78 is 6.12. The predicted molar refractivity (Wildman–Crippen MR) is 76.7 cm³/mol. The second-order valence-corrected chi connectivity index (χ2v) is 6.00. The Labute approximate surface area is 119 Å². The first-order valence-corrected chi connectivity index (χ1v) is 7.16. The van der Waals surface area contributed by atoms with Crippen LogP contribution in [-0.4, -0.2) is 19.2 Å². The number of benzene rings is 1. The van der Waals surface area contributed by atoms with Crippen LogP contribution < -0.4 is 10.1 Å². The van der Waals surface area contributed by atoms with Crippen molar-refractivity contribution >= 4 is 23.2 Å². The summed E-state index contributed by atoms with van der Waals surface area (Å²) in [5, 5.41) is 4.60. The Morgan fingerprint density at radius 2 is 2.11 bits per heavy atom. The van der Waals surface area contributed by atoms with Crippen LogP contribution in [0.2, 0.25) is 10.0 Å². The van der Waals surface area contributed by atoms with Gasteiger partial charge in [-0.3, -0.25) is 0 Å². The maximum Gasteiger partial charge on any atom is 0.138 e. The number of hydrogen-bond donors (Lipinski definition) is 1. The third-order valence-corrected chi connectivity index (χ3v) is 3.91. The summed E-state index contributed by atoms with van der Waals surface area (Å²) in [6.07, 6.45) is 1.35. The van der Waals surface area contributed by atoms with Crippen molar-refractivity contribution in [2.75, 3.05) is 13.1 Å². The van der Waals surface area contributed by atoms with E-state index < -0.39 is 0 Å². The van der Waals surface area contributed by atoms with Gasteiger partial charge >= 0.3 is 0 Å². The lowest BCUT2D eigenvalue weighted by atomic mass is 9.92. The zero-order chi connectivity index (χ0) is 13.1. The first-order valence-electron chi connectivity index (χ1n) is 6.40. The van der Waals surface area contributed by atoms with Gasteiger partial charge in [0.15, 0.2) is 0 Å². The highest BCUT2D eigenvalue weighted by atomic mass is 35.5. The van der Waals surface area contributed by atoms with Crippen molar-refractivity contribution in [1.29, 1.82) is 0 Å². The Morgan fingerprint density at radius 1 is 1.33 bits per heavy atom. The molecule has 1 aromatic carbocycles. The molecule has 0 saturated carbocycles. The molecule has 100 valence electrons. The maximum absolute atomic E-state index is 6.16. The molecule has 1 fully saturated rings. The summed E-state index contributed by atoms with van der Waals surface area (Å²) >= 11 is 12.1. The van der Waals surface area contributed by atoms with Gasteiger partial charge in [0, 0.05) is 17.5 Å². The molecular formula is C14H19Cl2NO. The second kappa shape index (κ2) is 6.14. The first kappa shape index (κ1) is 14.0. The van der Waals surface area contributed by atoms with E-state index in [-0.39, 0.29) is 6.10 Å². The Morgan fingerprint density at radius 3 is 2.67 bits per heavy atom. The van der Waals surface area contributed by atoms with Crippen LogP contribution in [-0.2, 0) is 0 Å². The fraction of sp³-hybridized carbons (Fsp3) is 0.571. The van der Waals surface area contributed by atoms with Crippen LogP contribution in [0.3, 0.4) is 0 Å². The van der Waals surface area contributed by atoms with Crippen molar-refractivity contribution in [1.82, 2.24) is 5.32 Å². The highest BCUT2D eigenvalue weighted by Crippen LogP contribution is 2.32. The largest absolute Gasteiger partial charge is 0.488 e. The summed E-state index contributed by atoms with van der Waals surface area (Å²) in [7, 11) is 0. The fourth-order valence-electron chi connectivity index (χ4n) is 2.45. The molecule has 0 aliphatic carbocycles. The van der Waals surface area contributed by atoms with E-state index in [1.165, 1.54) is 0 Å². The van der Waals surface area contributed by atoms with E-state index in [4.69, 9.17) is 27.9 Å². The number of rotatable bonds is 4. The molecule has 0 spiro atoms. The average Bonchev–Trinajstić information content (AvgIpc) is 2.80. The van der Waals surface area contributed by atoms with Crippen molar-refractivity contribution in [2.24, 2.45) is 11.8 Å². The topological polar surface area (TPSA) is 21.3 Å². The molecule has 18 heavy (non-hydrogen) atoms. The molecule has 1 aromatic rings. The van der Waals surface area contributed by atoms with Crippen LogP contribution in [0.4, 0.5) is 0 Å². The lowest BCUT2D eigenvalue weighted by molar-refractivity contribution is 0.0974. The van der Waals surface area contributed by atoms with Crippen LogP contribution in [0.5, 0.6) is 5.75 Å². The SMILES string of the molecule is CC(C)[C@H](Oc1ccc(Cl)cc1Cl)C1CCNC1. The van der Waals surface area contributed by atoms with Crippen molar-refractivity contribution in [3.05, 3.63) is 28.2 Å². The maximum atomic E-state index is 6.16. The highest BCUT2D eigenvalue weighted by Gasteiger charge is 2.29. The first-order chi connectivity index (χ1) is 8.58. The van der Waals surface area contributed by atoms with Crippen LogP contribution >= 0.6 is 23.2 Å². The van der Waals surface area contributed by atoms with E-state index in [0.717, 1.165) is 25.3 Å². The minimum Gasteiger partial charge on any atom is -0.488 e. The van der Waals surface area contributed by atoms with E-state index in [1.807, 2.05) is 12.1 Å². The van der Waals surface area contributed by atoms with E-state index in [1.54, 1.807) is 6.07 Å². The zero-order valence-electron chi connectivity index (χ0n) is 10.7. The molecule has 0 bridgehead atoms. The third-order valence-electron chi connectivity index (χ3n) is 3.38. The summed E-state index contributed by atoms with van der Waals surface area (Å²) in [5.41, 5.74) is 0. The number of hydrogen-bond acceptors (Lipinski definition) is 2. The molecule has 2 nitrogen and oxygen atoms in total. The summed E-state index contributed by atoms with van der Waals surface area (Å²) in [4.78, 5) is 0. The summed E-state index contributed by atoms with van der Waals surface area (Å²) in [6.45, 7) is 6.47. The number of nitrogens with one attached hydrogen (secondary N) is 1. The van der Waals surface area contributed by atoms with Gasteiger partial charge in [-0.15, -0.1) is 0 Å². The Hall–Kier alpha value is -0.440. The zero-order valence-corrected chi connectivity index (χ0v) is 12.3. The monoisotopic (exact) mass is 287 g/mol. The smallest absolute Gasteiger partial charge is 0.138 e. The van der Waals surface area contributed by atoms with Gasteiger partial charge in [-0.1, -0.05) is 37.0 Å². The molecule has 1 unspecified atom stereocenters. The molecule has 1 aliphatic heterocycles. The standard InChI is InChI=1S/C14H19Cl2NO/c1-9(2)14(10-5-6-17-8-10)18-13-4-3-11(15)7-12(13)16/h3-4,7,9-10,14,17H,5-6,8H2,1-2H3/t10?,14-/m0/s1. The highest BCUT2D eigenvalue weighted by molar-refractivity contribution is 6.35. The molecule has 1 heterocycles. The Kier molecular flexibility index (Phi) is 4.77. The van der Waals surface area contributed by atoms with E-state index >= 15 is 0 Å². The van der Waals surface area contributed by atoms with Gasteiger partial charge in [-0.05, 0) is 37.1 Å². The minimum absolute atomic E-state index is 0.193. The average molecular weight is 288 g/mol. The van der Waals surface area contributed by atoms with Gasteiger partial charge in [0.25, 0.3) is 0 Å². The number of halogens is 2. The van der Waals surface area contributed by atoms with Crippen molar-refractivity contribution in [3.8, 4) is 5.75 Å². The molecular weight excluding hydrogens is 269 g/mol. The fourth-order valence-corrected chi connectivity index (χ4v) is 2.90. The van der Waals surface area contributed by atoms with Gasteiger partial charge in [-0.25, -0.2) is 0 Å². The van der Waals surface area contributed by atoms with E-state index in [2.05, 4.69) is 19.2 Å². The van der Waals surface area contributed by atoms with Crippen molar-refractivity contribution in [3.63, 3.8) is 0 Å². The second-order valence-electron chi connectivity index (χ2n) is 5.15. The molecule has 2 rings (SSSR count). The van der Waals surface area contributed by atoms with Crippen molar-refractivity contribution < 1.29 is 4.74 Å². The van der Waals surface area contributed by atoms with Gasteiger partial charge in [0.1, 0.15) is 11.9 Å². The molecule has 0 amide bonds. The molecule has 1 aliphatic rings. The van der Waals surface area contributed by atoms with Gasteiger partial charge < -0.3 is 10.1 Å². The van der Waals surface area contributed by atoms with Crippen LogP contribution in [0, 0.1) is 11.8 Å². The molecule has 1 saturated heterocycles. The van der Waals surface area contributed by atoms with E-state index in [9.17, 15) is 0 Å². The minimum atomic E-state index is 0.193. The Bertz CT molecular complexity index is 403. The predicted octanol–water partition coefficient (Wildman–Crippen LogP) is 4.01. The lowest BCUT2D eigenvalue weighted by Crippen LogP contribution is -2.33. The molecule has 0 aromatic heterocycles. The Balaban J connectivity index is 2.12. The van der Waals surface area contributed by atoms with Crippen LogP contribution in [0.25, 0.3) is 0 Å². The summed E-state index contributed by atoms with van der Waals surface area (Å²) in [5.74, 6) is 1.74. The third kappa shape index (κ3) is 3.31. The number of ether oxygens (including phenoxy) is 1.